The van der Waals surface area contributed by atoms with Crippen LogP contribution < -0.4 is 5.32 Å². The summed E-state index contributed by atoms with van der Waals surface area (Å²) in [6.07, 6.45) is 1.83. The van der Waals surface area contributed by atoms with Crippen LogP contribution in [0.3, 0.4) is 0 Å². The molecule has 0 saturated carbocycles. The Hall–Kier alpha value is -1.81. The van der Waals surface area contributed by atoms with Crippen LogP contribution in [0.15, 0.2) is 53.1 Å². The summed E-state index contributed by atoms with van der Waals surface area (Å²) < 4.78 is 1.10. The predicted octanol–water partition coefficient (Wildman–Crippen LogP) is 4.50. The molecule has 0 bridgehead atoms. The first-order chi connectivity index (χ1) is 9.22. The van der Waals surface area contributed by atoms with Gasteiger partial charge in [-0.25, -0.2) is 0 Å². The highest BCUT2D eigenvalue weighted by molar-refractivity contribution is 9.10. The molecule has 1 aromatic heterocycles. The van der Waals surface area contributed by atoms with E-state index in [-0.39, 0.29) is 6.04 Å². The van der Waals surface area contributed by atoms with Gasteiger partial charge in [-0.1, -0.05) is 28.1 Å². The van der Waals surface area contributed by atoms with Crippen LogP contribution >= 0.6 is 15.9 Å². The summed E-state index contributed by atoms with van der Waals surface area (Å²) in [6.45, 7) is 2.15. The molecule has 0 saturated heterocycles. The molecule has 0 spiro atoms. The van der Waals surface area contributed by atoms with E-state index in [2.05, 4.69) is 74.8 Å². The summed E-state index contributed by atoms with van der Waals surface area (Å²) >= 11 is 3.50. The quantitative estimate of drug-likeness (QED) is 0.747. The third-order valence-electron chi connectivity index (χ3n) is 3.17. The molecule has 1 heterocycles. The van der Waals surface area contributed by atoms with Gasteiger partial charge in [0.15, 0.2) is 0 Å². The SMILES string of the molecule is CC(Nc1ccc2cn[nH]c2c1)c1cccc(Br)c1. The van der Waals surface area contributed by atoms with Crippen molar-refractivity contribution in [3.8, 4) is 0 Å². The maximum Gasteiger partial charge on any atom is 0.0670 e. The van der Waals surface area contributed by atoms with Gasteiger partial charge < -0.3 is 5.32 Å². The second-order valence-corrected chi connectivity index (χ2v) is 5.51. The molecular weight excluding hydrogens is 302 g/mol. The van der Waals surface area contributed by atoms with Crippen LogP contribution in [0.2, 0.25) is 0 Å². The zero-order valence-electron chi connectivity index (χ0n) is 10.5. The Morgan fingerprint density at radius 1 is 1.21 bits per heavy atom. The first kappa shape index (κ1) is 12.2. The highest BCUT2D eigenvalue weighted by Gasteiger charge is 2.06. The minimum Gasteiger partial charge on any atom is -0.378 e. The molecule has 1 unspecified atom stereocenters. The number of rotatable bonds is 3. The molecule has 0 aliphatic rings. The molecule has 0 radical (unpaired) electrons. The summed E-state index contributed by atoms with van der Waals surface area (Å²) in [4.78, 5) is 0. The average Bonchev–Trinajstić information content (AvgIpc) is 2.86. The van der Waals surface area contributed by atoms with Gasteiger partial charge in [0.05, 0.1) is 11.7 Å². The summed E-state index contributed by atoms with van der Waals surface area (Å²) in [5.74, 6) is 0. The fourth-order valence-corrected chi connectivity index (χ4v) is 2.55. The first-order valence-electron chi connectivity index (χ1n) is 6.17. The molecule has 0 fully saturated rings. The minimum absolute atomic E-state index is 0.248. The maximum atomic E-state index is 4.03. The Morgan fingerprint density at radius 2 is 2.11 bits per heavy atom. The standard InChI is InChI=1S/C15H14BrN3/c1-10(11-3-2-4-13(16)7-11)18-14-6-5-12-9-17-19-15(12)8-14/h2-10,18H,1H3,(H,17,19). The lowest BCUT2D eigenvalue weighted by Crippen LogP contribution is -2.06. The van der Waals surface area contributed by atoms with Crippen molar-refractivity contribution in [2.45, 2.75) is 13.0 Å². The number of halogens is 1. The van der Waals surface area contributed by atoms with Crippen LogP contribution in [0.4, 0.5) is 5.69 Å². The van der Waals surface area contributed by atoms with Crippen molar-refractivity contribution in [3.05, 3.63) is 58.7 Å². The van der Waals surface area contributed by atoms with Crippen molar-refractivity contribution in [2.24, 2.45) is 0 Å². The van der Waals surface area contributed by atoms with Gasteiger partial charge in [-0.05, 0) is 42.8 Å². The van der Waals surface area contributed by atoms with Crippen LogP contribution in [0.1, 0.15) is 18.5 Å². The smallest absolute Gasteiger partial charge is 0.0670 e. The number of aromatic amines is 1. The molecule has 19 heavy (non-hydrogen) atoms. The molecule has 2 aromatic carbocycles. The van der Waals surface area contributed by atoms with Crippen molar-refractivity contribution >= 4 is 32.5 Å². The Bertz CT molecular complexity index is 705. The van der Waals surface area contributed by atoms with Crippen molar-refractivity contribution in [1.82, 2.24) is 10.2 Å². The number of anilines is 1. The van der Waals surface area contributed by atoms with Crippen molar-refractivity contribution < 1.29 is 0 Å². The molecule has 1 atom stereocenters. The fourth-order valence-electron chi connectivity index (χ4n) is 2.14. The largest absolute Gasteiger partial charge is 0.378 e. The number of hydrogen-bond acceptors (Lipinski definition) is 2. The number of hydrogen-bond donors (Lipinski definition) is 2. The minimum atomic E-state index is 0.248. The van der Waals surface area contributed by atoms with Crippen LogP contribution in [0.25, 0.3) is 10.9 Å². The van der Waals surface area contributed by atoms with Crippen LogP contribution in [-0.2, 0) is 0 Å². The van der Waals surface area contributed by atoms with Gasteiger partial charge in [-0.3, -0.25) is 5.10 Å². The number of nitrogens with zero attached hydrogens (tertiary/aromatic N) is 1. The van der Waals surface area contributed by atoms with E-state index in [0.717, 1.165) is 21.1 Å². The van der Waals surface area contributed by atoms with Gasteiger partial charge >= 0.3 is 0 Å². The lowest BCUT2D eigenvalue weighted by atomic mass is 10.1. The number of benzene rings is 2. The molecule has 3 rings (SSSR count). The first-order valence-corrected chi connectivity index (χ1v) is 6.97. The summed E-state index contributed by atoms with van der Waals surface area (Å²) in [7, 11) is 0. The number of fused-ring (bicyclic) bond motifs is 1. The third kappa shape index (κ3) is 2.63. The Morgan fingerprint density at radius 3 is 2.95 bits per heavy atom. The second kappa shape index (κ2) is 5.05. The van der Waals surface area contributed by atoms with E-state index < -0.39 is 0 Å². The van der Waals surface area contributed by atoms with E-state index in [9.17, 15) is 0 Å². The number of H-pyrrole nitrogens is 1. The number of nitrogens with one attached hydrogen (secondary N) is 2. The van der Waals surface area contributed by atoms with Gasteiger partial charge in [-0.2, -0.15) is 5.10 Å². The molecule has 3 nitrogen and oxygen atoms in total. The third-order valence-corrected chi connectivity index (χ3v) is 3.67. The van der Waals surface area contributed by atoms with E-state index >= 15 is 0 Å². The van der Waals surface area contributed by atoms with E-state index in [1.807, 2.05) is 12.3 Å². The van der Waals surface area contributed by atoms with Crippen LogP contribution in [0, 0.1) is 0 Å². The summed E-state index contributed by atoms with van der Waals surface area (Å²) in [5, 5.41) is 11.6. The zero-order valence-corrected chi connectivity index (χ0v) is 12.1. The van der Waals surface area contributed by atoms with Crippen LogP contribution in [0.5, 0.6) is 0 Å². The molecule has 96 valence electrons. The molecule has 2 N–H and O–H groups in total. The fraction of sp³-hybridized carbons (Fsp3) is 0.133. The Balaban J connectivity index is 1.83. The Labute approximate surface area is 120 Å². The van der Waals surface area contributed by atoms with Crippen LogP contribution in [-0.4, -0.2) is 10.2 Å². The summed E-state index contributed by atoms with van der Waals surface area (Å²) in [6, 6.07) is 14.8. The highest BCUT2D eigenvalue weighted by atomic mass is 79.9. The molecule has 4 heteroatoms. The topological polar surface area (TPSA) is 40.7 Å². The lowest BCUT2D eigenvalue weighted by molar-refractivity contribution is 0.884. The average molecular weight is 316 g/mol. The zero-order chi connectivity index (χ0) is 13.2. The van der Waals surface area contributed by atoms with Gasteiger partial charge in [0.1, 0.15) is 0 Å². The Kier molecular flexibility index (Phi) is 3.25. The normalized spacial score (nSPS) is 12.5. The lowest BCUT2D eigenvalue weighted by Gasteiger charge is -2.16. The van der Waals surface area contributed by atoms with Crippen molar-refractivity contribution in [3.63, 3.8) is 0 Å². The van der Waals surface area contributed by atoms with E-state index in [4.69, 9.17) is 0 Å². The van der Waals surface area contributed by atoms with Gasteiger partial charge in [0, 0.05) is 21.6 Å². The van der Waals surface area contributed by atoms with E-state index in [1.165, 1.54) is 5.56 Å². The van der Waals surface area contributed by atoms with E-state index in [0.29, 0.717) is 0 Å². The van der Waals surface area contributed by atoms with Crippen molar-refractivity contribution in [2.75, 3.05) is 5.32 Å². The molecule has 0 aliphatic carbocycles. The van der Waals surface area contributed by atoms with Gasteiger partial charge in [0.25, 0.3) is 0 Å². The summed E-state index contributed by atoms with van der Waals surface area (Å²) in [5.41, 5.74) is 3.38. The van der Waals surface area contributed by atoms with Crippen molar-refractivity contribution in [1.29, 1.82) is 0 Å². The predicted molar refractivity (Wildman–Crippen MR) is 82.3 cm³/mol. The highest BCUT2D eigenvalue weighted by Crippen LogP contribution is 2.24. The van der Waals surface area contributed by atoms with Gasteiger partial charge in [-0.15, -0.1) is 0 Å². The van der Waals surface area contributed by atoms with Gasteiger partial charge in [0.2, 0.25) is 0 Å². The molecule has 3 aromatic rings. The number of aromatic nitrogens is 2. The molecule has 0 aliphatic heterocycles. The van der Waals surface area contributed by atoms with E-state index in [1.54, 1.807) is 0 Å². The monoisotopic (exact) mass is 315 g/mol. The molecule has 0 amide bonds. The molecular formula is C15H14BrN3. The second-order valence-electron chi connectivity index (χ2n) is 4.59. The maximum absolute atomic E-state index is 4.03.